The third-order valence-electron chi connectivity index (χ3n) is 1.77. The second-order valence-electron chi connectivity index (χ2n) is 4.42. The van der Waals surface area contributed by atoms with Crippen LogP contribution in [0.3, 0.4) is 0 Å². The van der Waals surface area contributed by atoms with Gasteiger partial charge in [0.1, 0.15) is 16.9 Å². The standard InChI is InChI=1S/C11H15NO5/c1-11(2,3)17-10(15)12-6-8-7(9(13)14)4-5-16-8/h4-5H,6H2,1-3H3,(H,12,15)(H,13,14). The Bertz CT molecular complexity index is 416. The van der Waals surface area contributed by atoms with E-state index < -0.39 is 17.7 Å². The van der Waals surface area contributed by atoms with E-state index in [9.17, 15) is 9.59 Å². The fourth-order valence-corrected chi connectivity index (χ4v) is 1.13. The van der Waals surface area contributed by atoms with Gasteiger partial charge >= 0.3 is 12.1 Å². The Hall–Kier alpha value is -1.98. The fourth-order valence-electron chi connectivity index (χ4n) is 1.13. The molecule has 6 heteroatoms. The third kappa shape index (κ3) is 4.18. The average Bonchev–Trinajstić information content (AvgIpc) is 2.59. The molecule has 0 saturated carbocycles. The molecule has 1 amide bonds. The van der Waals surface area contributed by atoms with Gasteiger partial charge in [0.2, 0.25) is 0 Å². The Morgan fingerprint density at radius 2 is 2.12 bits per heavy atom. The number of amides is 1. The van der Waals surface area contributed by atoms with Crippen molar-refractivity contribution >= 4 is 12.1 Å². The highest BCUT2D eigenvalue weighted by atomic mass is 16.6. The van der Waals surface area contributed by atoms with E-state index >= 15 is 0 Å². The third-order valence-corrected chi connectivity index (χ3v) is 1.77. The number of aromatic carboxylic acids is 1. The van der Waals surface area contributed by atoms with Crippen molar-refractivity contribution in [1.29, 1.82) is 0 Å². The van der Waals surface area contributed by atoms with Crippen molar-refractivity contribution in [3.8, 4) is 0 Å². The van der Waals surface area contributed by atoms with Crippen LogP contribution in [-0.4, -0.2) is 22.8 Å². The van der Waals surface area contributed by atoms with Gasteiger partial charge in [0.25, 0.3) is 0 Å². The summed E-state index contributed by atoms with van der Waals surface area (Å²) in [6.45, 7) is 5.19. The number of hydrogen-bond acceptors (Lipinski definition) is 4. The van der Waals surface area contributed by atoms with E-state index in [-0.39, 0.29) is 17.9 Å². The zero-order valence-electron chi connectivity index (χ0n) is 9.94. The molecule has 1 rings (SSSR count). The fraction of sp³-hybridized carbons (Fsp3) is 0.455. The van der Waals surface area contributed by atoms with E-state index in [1.54, 1.807) is 20.8 Å². The molecule has 1 aromatic heterocycles. The van der Waals surface area contributed by atoms with Crippen molar-refractivity contribution in [3.63, 3.8) is 0 Å². The highest BCUT2D eigenvalue weighted by Crippen LogP contribution is 2.11. The molecule has 17 heavy (non-hydrogen) atoms. The normalized spacial score (nSPS) is 11.0. The van der Waals surface area contributed by atoms with Gasteiger partial charge in [-0.25, -0.2) is 9.59 Å². The molecule has 6 nitrogen and oxygen atoms in total. The molecule has 0 bridgehead atoms. The number of hydrogen-bond donors (Lipinski definition) is 2. The van der Waals surface area contributed by atoms with Gasteiger partial charge in [-0.2, -0.15) is 0 Å². The molecule has 0 aliphatic rings. The number of carboxylic acid groups (broad SMARTS) is 1. The molecule has 0 atom stereocenters. The van der Waals surface area contributed by atoms with Crippen LogP contribution >= 0.6 is 0 Å². The van der Waals surface area contributed by atoms with Crippen molar-refractivity contribution < 1.29 is 23.8 Å². The number of nitrogens with one attached hydrogen (secondary N) is 1. The maximum absolute atomic E-state index is 11.3. The lowest BCUT2D eigenvalue weighted by molar-refractivity contribution is 0.0516. The van der Waals surface area contributed by atoms with Crippen LogP contribution in [0.25, 0.3) is 0 Å². The average molecular weight is 241 g/mol. The first kappa shape index (κ1) is 13.1. The van der Waals surface area contributed by atoms with Gasteiger partial charge in [-0.15, -0.1) is 0 Å². The quantitative estimate of drug-likeness (QED) is 0.844. The van der Waals surface area contributed by atoms with Gasteiger partial charge in [0.15, 0.2) is 0 Å². The van der Waals surface area contributed by atoms with Crippen molar-refractivity contribution in [2.24, 2.45) is 0 Å². The minimum Gasteiger partial charge on any atom is -0.478 e. The number of rotatable bonds is 3. The molecular weight excluding hydrogens is 226 g/mol. The largest absolute Gasteiger partial charge is 0.478 e. The van der Waals surface area contributed by atoms with Crippen molar-refractivity contribution in [2.45, 2.75) is 32.9 Å². The van der Waals surface area contributed by atoms with Crippen LogP contribution in [0.1, 0.15) is 36.9 Å². The maximum atomic E-state index is 11.3. The molecule has 0 spiro atoms. The van der Waals surface area contributed by atoms with Crippen molar-refractivity contribution in [1.82, 2.24) is 5.32 Å². The summed E-state index contributed by atoms with van der Waals surface area (Å²) in [6.07, 6.45) is 0.639. The predicted octanol–water partition coefficient (Wildman–Crippen LogP) is 2.00. The number of carboxylic acids is 1. The molecule has 0 aromatic carbocycles. The summed E-state index contributed by atoms with van der Waals surface area (Å²) in [5, 5.41) is 11.2. The number of furan rings is 1. The van der Waals surface area contributed by atoms with E-state index in [0.29, 0.717) is 0 Å². The van der Waals surface area contributed by atoms with Gasteiger partial charge < -0.3 is 19.6 Å². The van der Waals surface area contributed by atoms with E-state index in [4.69, 9.17) is 14.3 Å². The molecule has 1 heterocycles. The lowest BCUT2D eigenvalue weighted by atomic mass is 10.2. The minimum atomic E-state index is -1.10. The van der Waals surface area contributed by atoms with Gasteiger partial charge in [-0.05, 0) is 26.8 Å². The van der Waals surface area contributed by atoms with Crippen LogP contribution in [0.5, 0.6) is 0 Å². The van der Waals surface area contributed by atoms with Gasteiger partial charge in [0.05, 0.1) is 12.8 Å². The highest BCUT2D eigenvalue weighted by molar-refractivity contribution is 5.88. The van der Waals surface area contributed by atoms with E-state index in [2.05, 4.69) is 5.32 Å². The molecule has 0 fully saturated rings. The first-order chi connectivity index (χ1) is 7.79. The van der Waals surface area contributed by atoms with E-state index in [0.717, 1.165) is 0 Å². The molecule has 0 radical (unpaired) electrons. The molecule has 2 N–H and O–H groups in total. The van der Waals surface area contributed by atoms with Crippen molar-refractivity contribution in [3.05, 3.63) is 23.7 Å². The number of carbonyl (C=O) groups is 2. The summed E-state index contributed by atoms with van der Waals surface area (Å²) >= 11 is 0. The first-order valence-electron chi connectivity index (χ1n) is 5.06. The molecule has 1 aromatic rings. The topological polar surface area (TPSA) is 88.8 Å². The zero-order valence-corrected chi connectivity index (χ0v) is 9.94. The first-order valence-corrected chi connectivity index (χ1v) is 5.06. The summed E-state index contributed by atoms with van der Waals surface area (Å²) in [7, 11) is 0. The van der Waals surface area contributed by atoms with Gasteiger partial charge in [-0.3, -0.25) is 0 Å². The molecule has 0 unspecified atom stereocenters. The van der Waals surface area contributed by atoms with Crippen molar-refractivity contribution in [2.75, 3.05) is 0 Å². The summed E-state index contributed by atoms with van der Waals surface area (Å²) in [5.41, 5.74) is -0.566. The molecule has 0 aliphatic carbocycles. The second kappa shape index (κ2) is 4.90. The summed E-state index contributed by atoms with van der Waals surface area (Å²) in [6, 6.07) is 1.33. The van der Waals surface area contributed by atoms with Crippen LogP contribution < -0.4 is 5.32 Å². The van der Waals surface area contributed by atoms with E-state index in [1.165, 1.54) is 12.3 Å². The monoisotopic (exact) mass is 241 g/mol. The second-order valence-corrected chi connectivity index (χ2v) is 4.42. The molecule has 0 aliphatic heterocycles. The Morgan fingerprint density at radius 1 is 1.47 bits per heavy atom. The smallest absolute Gasteiger partial charge is 0.408 e. The van der Waals surface area contributed by atoms with Crippen LogP contribution in [0.4, 0.5) is 4.79 Å². The number of alkyl carbamates (subject to hydrolysis) is 1. The van der Waals surface area contributed by atoms with Gasteiger partial charge in [-0.1, -0.05) is 0 Å². The Labute approximate surface area is 98.6 Å². The van der Waals surface area contributed by atoms with Crippen LogP contribution in [0.15, 0.2) is 16.7 Å². The Morgan fingerprint density at radius 3 is 2.65 bits per heavy atom. The highest BCUT2D eigenvalue weighted by Gasteiger charge is 2.18. The minimum absolute atomic E-state index is 0.0243. The lowest BCUT2D eigenvalue weighted by Crippen LogP contribution is -2.32. The molecule has 94 valence electrons. The van der Waals surface area contributed by atoms with Crippen LogP contribution in [-0.2, 0) is 11.3 Å². The summed E-state index contributed by atoms with van der Waals surface area (Å²) in [4.78, 5) is 22.1. The van der Waals surface area contributed by atoms with Crippen LogP contribution in [0.2, 0.25) is 0 Å². The molecule has 0 saturated heterocycles. The summed E-state index contributed by atoms with van der Waals surface area (Å²) in [5.74, 6) is -0.914. The maximum Gasteiger partial charge on any atom is 0.408 e. The SMILES string of the molecule is CC(C)(C)OC(=O)NCc1occc1C(=O)O. The van der Waals surface area contributed by atoms with E-state index in [1.807, 2.05) is 0 Å². The van der Waals surface area contributed by atoms with Crippen LogP contribution in [0, 0.1) is 0 Å². The predicted molar refractivity (Wildman–Crippen MR) is 58.7 cm³/mol. The Kier molecular flexibility index (Phi) is 3.77. The summed E-state index contributed by atoms with van der Waals surface area (Å²) < 4.78 is 9.95. The Balaban J connectivity index is 2.53. The molecular formula is C11H15NO5. The number of ether oxygens (including phenoxy) is 1. The number of carbonyl (C=O) groups excluding carboxylic acids is 1. The lowest BCUT2D eigenvalue weighted by Gasteiger charge is -2.19. The van der Waals surface area contributed by atoms with Gasteiger partial charge in [0, 0.05) is 0 Å². The zero-order chi connectivity index (χ0) is 13.1.